The molecule has 9 nitrogen and oxygen atoms in total. The summed E-state index contributed by atoms with van der Waals surface area (Å²) in [5.41, 5.74) is 1.33. The van der Waals surface area contributed by atoms with Gasteiger partial charge in [-0.1, -0.05) is 6.08 Å². The topological polar surface area (TPSA) is 98.2 Å². The van der Waals surface area contributed by atoms with Gasteiger partial charge in [0.1, 0.15) is 17.9 Å². The molecule has 0 radical (unpaired) electrons. The lowest BCUT2D eigenvalue weighted by Gasteiger charge is -2.23. The second-order valence-corrected chi connectivity index (χ2v) is 9.08. The molecule has 0 saturated carbocycles. The first-order valence-corrected chi connectivity index (χ1v) is 12.0. The van der Waals surface area contributed by atoms with Gasteiger partial charge in [-0.05, 0) is 22.4 Å². The number of esters is 1. The van der Waals surface area contributed by atoms with Crippen LogP contribution in [0.1, 0.15) is 28.0 Å². The molecule has 34 heavy (non-hydrogen) atoms. The number of carbonyl (C=O) groups excluding carboxylic acids is 3. The van der Waals surface area contributed by atoms with Gasteiger partial charge in [-0.3, -0.25) is 14.4 Å². The Bertz CT molecular complexity index is 1160. The van der Waals surface area contributed by atoms with E-state index in [0.29, 0.717) is 31.9 Å². The van der Waals surface area contributed by atoms with Gasteiger partial charge in [0.25, 0.3) is 5.56 Å². The largest absolute Gasteiger partial charge is 0.488 e. The number of fused-ring (bicyclic) bond motifs is 1. The molecule has 1 fully saturated rings. The molecule has 1 saturated heterocycles. The van der Waals surface area contributed by atoms with Crippen LogP contribution in [0.5, 0.6) is 5.75 Å². The van der Waals surface area contributed by atoms with Gasteiger partial charge < -0.3 is 23.8 Å². The fourth-order valence-electron chi connectivity index (χ4n) is 4.47. The summed E-state index contributed by atoms with van der Waals surface area (Å²) in [5, 5.41) is 3.85. The molecular weight excluding hydrogens is 458 g/mol. The smallest absolute Gasteiger partial charge is 0.343 e. The van der Waals surface area contributed by atoms with E-state index in [9.17, 15) is 19.2 Å². The Kier molecular flexibility index (Phi) is 7.16. The number of ether oxygens (including phenoxy) is 2. The number of thiophene rings is 1. The Morgan fingerprint density at radius 1 is 1.26 bits per heavy atom. The van der Waals surface area contributed by atoms with E-state index >= 15 is 0 Å². The van der Waals surface area contributed by atoms with Gasteiger partial charge in [-0.2, -0.15) is 11.3 Å². The van der Waals surface area contributed by atoms with Gasteiger partial charge >= 0.3 is 5.97 Å². The van der Waals surface area contributed by atoms with Gasteiger partial charge in [0.2, 0.25) is 11.8 Å². The highest BCUT2D eigenvalue weighted by Crippen LogP contribution is 2.26. The van der Waals surface area contributed by atoms with Crippen molar-refractivity contribution in [2.24, 2.45) is 5.92 Å². The van der Waals surface area contributed by atoms with Gasteiger partial charge in [-0.25, -0.2) is 4.79 Å². The molecule has 2 aromatic heterocycles. The number of amides is 2. The standard InChI is InChI=1S/C24H27N3O6S/c1-3-6-26-13-17(11-20(26)28)23(30)25-7-4-18-22(24(31)32-2)19(12-21(29)27(18)9-8-25)33-14-16-5-10-34-15-16/h3,5,10,12,15,17H,1,4,6-9,11,13-14H2,2H3/t17-/m1/s1. The average Bonchev–Trinajstić information content (AvgIpc) is 3.41. The summed E-state index contributed by atoms with van der Waals surface area (Å²) < 4.78 is 12.4. The van der Waals surface area contributed by atoms with Crippen molar-refractivity contribution in [3.63, 3.8) is 0 Å². The lowest BCUT2D eigenvalue weighted by Crippen LogP contribution is -2.39. The minimum atomic E-state index is -0.592. The van der Waals surface area contributed by atoms with Crippen LogP contribution in [0, 0.1) is 5.92 Å². The van der Waals surface area contributed by atoms with E-state index in [2.05, 4.69) is 6.58 Å². The number of hydrogen-bond acceptors (Lipinski definition) is 7. The van der Waals surface area contributed by atoms with Crippen molar-refractivity contribution in [2.45, 2.75) is 26.0 Å². The third-order valence-electron chi connectivity index (χ3n) is 6.18. The quantitative estimate of drug-likeness (QED) is 0.437. The molecule has 0 aromatic carbocycles. The SMILES string of the molecule is C=CCN1C[C@H](C(=O)N2CCc3c(C(=O)OC)c(OCc4ccsc4)cc(=O)n3CC2)CC1=O. The third kappa shape index (κ3) is 4.77. The molecule has 2 amide bonds. The van der Waals surface area contributed by atoms with Crippen LogP contribution in [-0.4, -0.2) is 65.4 Å². The maximum Gasteiger partial charge on any atom is 0.343 e. The summed E-state index contributed by atoms with van der Waals surface area (Å²) in [6, 6.07) is 3.22. The Balaban J connectivity index is 1.56. The van der Waals surface area contributed by atoms with E-state index in [4.69, 9.17) is 9.47 Å². The van der Waals surface area contributed by atoms with E-state index in [0.717, 1.165) is 5.56 Å². The summed E-state index contributed by atoms with van der Waals surface area (Å²) >= 11 is 1.53. The van der Waals surface area contributed by atoms with Crippen LogP contribution in [0.15, 0.2) is 40.3 Å². The number of carbonyl (C=O) groups is 3. The summed E-state index contributed by atoms with van der Waals surface area (Å²) in [6.45, 7) is 5.53. The van der Waals surface area contributed by atoms with Crippen molar-refractivity contribution < 1.29 is 23.9 Å². The highest BCUT2D eigenvalue weighted by Gasteiger charge is 2.37. The fourth-order valence-corrected chi connectivity index (χ4v) is 5.12. The number of methoxy groups -OCH3 is 1. The average molecular weight is 486 g/mol. The van der Waals surface area contributed by atoms with Gasteiger partial charge in [-0.15, -0.1) is 6.58 Å². The van der Waals surface area contributed by atoms with Gasteiger partial charge in [0.05, 0.1) is 13.0 Å². The molecule has 1 atom stereocenters. The molecular formula is C24H27N3O6S. The summed E-state index contributed by atoms with van der Waals surface area (Å²) in [6.07, 6.45) is 2.11. The van der Waals surface area contributed by atoms with Crippen LogP contribution in [0.4, 0.5) is 0 Å². The first kappa shape index (κ1) is 23.7. The minimum Gasteiger partial charge on any atom is -0.488 e. The second kappa shape index (κ2) is 10.3. The van der Waals surface area contributed by atoms with Crippen molar-refractivity contribution in [3.8, 4) is 5.75 Å². The first-order valence-electron chi connectivity index (χ1n) is 11.1. The summed E-state index contributed by atoms with van der Waals surface area (Å²) in [7, 11) is 1.28. The normalized spacial score (nSPS) is 17.8. The van der Waals surface area contributed by atoms with Crippen LogP contribution in [0.25, 0.3) is 0 Å². The lowest BCUT2D eigenvalue weighted by molar-refractivity contribution is -0.135. The Hall–Kier alpha value is -3.40. The van der Waals surface area contributed by atoms with E-state index < -0.39 is 11.9 Å². The Morgan fingerprint density at radius 3 is 2.79 bits per heavy atom. The molecule has 2 aromatic rings. The molecule has 2 aliphatic rings. The number of likely N-dealkylation sites (tertiary alicyclic amines) is 1. The number of aromatic nitrogens is 1. The number of rotatable bonds is 7. The molecule has 0 N–H and O–H groups in total. The Morgan fingerprint density at radius 2 is 2.09 bits per heavy atom. The molecule has 0 aliphatic carbocycles. The molecule has 0 bridgehead atoms. The predicted octanol–water partition coefficient (Wildman–Crippen LogP) is 1.69. The summed E-state index contributed by atoms with van der Waals surface area (Å²) in [5.74, 6) is -1.02. The van der Waals surface area contributed by atoms with Gasteiger partial charge in [0, 0.05) is 57.3 Å². The third-order valence-corrected chi connectivity index (χ3v) is 6.91. The monoisotopic (exact) mass is 485 g/mol. The van der Waals surface area contributed by atoms with Crippen molar-refractivity contribution >= 4 is 29.1 Å². The van der Waals surface area contributed by atoms with Crippen LogP contribution in [0.2, 0.25) is 0 Å². The maximum absolute atomic E-state index is 13.2. The lowest BCUT2D eigenvalue weighted by atomic mass is 10.1. The Labute approximate surface area is 201 Å². The van der Waals surface area contributed by atoms with Crippen molar-refractivity contribution in [1.29, 1.82) is 0 Å². The maximum atomic E-state index is 13.2. The van der Waals surface area contributed by atoms with Crippen LogP contribution in [-0.2, 0) is 33.9 Å². The summed E-state index contributed by atoms with van der Waals surface area (Å²) in [4.78, 5) is 54.3. The second-order valence-electron chi connectivity index (χ2n) is 8.30. The zero-order chi connectivity index (χ0) is 24.2. The molecule has 10 heteroatoms. The molecule has 4 rings (SSSR count). The van der Waals surface area contributed by atoms with Crippen molar-refractivity contribution in [2.75, 3.05) is 33.3 Å². The number of hydrogen-bond donors (Lipinski definition) is 0. The van der Waals surface area contributed by atoms with E-state index in [1.54, 1.807) is 15.9 Å². The zero-order valence-corrected chi connectivity index (χ0v) is 19.8. The van der Waals surface area contributed by atoms with Crippen molar-refractivity contribution in [3.05, 3.63) is 62.7 Å². The predicted molar refractivity (Wildman–Crippen MR) is 126 cm³/mol. The molecule has 4 heterocycles. The van der Waals surface area contributed by atoms with E-state index in [1.807, 2.05) is 16.8 Å². The highest BCUT2D eigenvalue weighted by atomic mass is 32.1. The van der Waals surface area contributed by atoms with Gasteiger partial charge in [0.15, 0.2) is 0 Å². The van der Waals surface area contributed by atoms with E-state index in [1.165, 1.54) is 29.1 Å². The minimum absolute atomic E-state index is 0.0621. The molecule has 2 aliphatic heterocycles. The van der Waals surface area contributed by atoms with Crippen LogP contribution < -0.4 is 10.3 Å². The highest BCUT2D eigenvalue weighted by molar-refractivity contribution is 7.07. The molecule has 0 unspecified atom stereocenters. The van der Waals surface area contributed by atoms with Crippen LogP contribution in [0.3, 0.4) is 0 Å². The fraction of sp³-hybridized carbons (Fsp3) is 0.417. The molecule has 0 spiro atoms. The van der Waals surface area contributed by atoms with Crippen molar-refractivity contribution in [1.82, 2.24) is 14.4 Å². The number of nitrogens with zero attached hydrogens (tertiary/aromatic N) is 3. The van der Waals surface area contributed by atoms with E-state index in [-0.39, 0.29) is 54.7 Å². The first-order chi connectivity index (χ1) is 16.4. The number of pyridine rings is 1. The molecule has 180 valence electrons. The zero-order valence-electron chi connectivity index (χ0n) is 19.0. The van der Waals surface area contributed by atoms with Crippen LogP contribution >= 0.6 is 11.3 Å².